The number of benzene rings is 1. The minimum absolute atomic E-state index is 0.0392. The van der Waals surface area contributed by atoms with Crippen LogP contribution in [0, 0.1) is 0 Å². The summed E-state index contributed by atoms with van der Waals surface area (Å²) in [7, 11) is 0. The first kappa shape index (κ1) is 17.4. The van der Waals surface area contributed by atoms with Gasteiger partial charge in [-0.2, -0.15) is 4.37 Å². The van der Waals surface area contributed by atoms with Gasteiger partial charge in [0.2, 0.25) is 5.01 Å². The van der Waals surface area contributed by atoms with Crippen molar-refractivity contribution in [1.82, 2.24) is 9.36 Å². The van der Waals surface area contributed by atoms with E-state index < -0.39 is 5.97 Å². The molecule has 0 fully saturated rings. The van der Waals surface area contributed by atoms with Gasteiger partial charge in [0.1, 0.15) is 5.75 Å². The van der Waals surface area contributed by atoms with E-state index in [1.807, 2.05) is 53.7 Å². The Morgan fingerprint density at radius 2 is 1.52 bits per heavy atom. The normalized spacial score (nSPS) is 12.4. The highest BCUT2D eigenvalue weighted by Gasteiger charge is 2.27. The summed E-state index contributed by atoms with van der Waals surface area (Å²) < 4.78 is 4.15. The molecule has 124 valence electrons. The molecule has 0 atom stereocenters. The molecule has 5 nitrogen and oxygen atoms in total. The summed E-state index contributed by atoms with van der Waals surface area (Å²) in [4.78, 5) is 15.1. The highest BCUT2D eigenvalue weighted by Crippen LogP contribution is 2.41. The van der Waals surface area contributed by atoms with Crippen LogP contribution in [0.1, 0.15) is 62.5 Å². The van der Waals surface area contributed by atoms with Gasteiger partial charge in [-0.3, -0.25) is 0 Å². The fraction of sp³-hybridized carbons (Fsp3) is 0.471. The number of carboxylic acids is 1. The molecule has 23 heavy (non-hydrogen) atoms. The maximum atomic E-state index is 11.0. The van der Waals surface area contributed by atoms with Crippen molar-refractivity contribution >= 4 is 17.5 Å². The molecule has 0 aliphatic carbocycles. The van der Waals surface area contributed by atoms with Gasteiger partial charge in [-0.15, -0.1) is 0 Å². The van der Waals surface area contributed by atoms with Crippen LogP contribution in [0.4, 0.5) is 0 Å². The number of aromatic nitrogens is 2. The van der Waals surface area contributed by atoms with E-state index in [2.05, 4.69) is 9.36 Å². The summed E-state index contributed by atoms with van der Waals surface area (Å²) in [6, 6.07) is 3.69. The van der Waals surface area contributed by atoms with Crippen molar-refractivity contribution in [3.63, 3.8) is 0 Å². The second-order valence-electron chi connectivity index (χ2n) is 7.65. The molecule has 1 aromatic carbocycles. The Kier molecular flexibility index (Phi) is 4.24. The van der Waals surface area contributed by atoms with Crippen LogP contribution < -0.4 is 0 Å². The number of rotatable bonds is 2. The minimum atomic E-state index is -1.08. The van der Waals surface area contributed by atoms with Crippen LogP contribution in [-0.2, 0) is 10.8 Å². The molecule has 1 aromatic heterocycles. The van der Waals surface area contributed by atoms with Crippen LogP contribution in [0.15, 0.2) is 12.1 Å². The van der Waals surface area contributed by atoms with Gasteiger partial charge >= 0.3 is 5.97 Å². The largest absolute Gasteiger partial charge is 0.507 e. The molecule has 2 rings (SSSR count). The molecule has 2 N–H and O–H groups in total. The molecule has 0 unspecified atom stereocenters. The fourth-order valence-electron chi connectivity index (χ4n) is 2.33. The van der Waals surface area contributed by atoms with E-state index in [0.717, 1.165) is 28.2 Å². The number of carbonyl (C=O) groups is 1. The number of hydrogen-bond acceptors (Lipinski definition) is 5. The van der Waals surface area contributed by atoms with Crippen LogP contribution in [0.5, 0.6) is 5.75 Å². The second-order valence-corrected chi connectivity index (χ2v) is 8.40. The maximum absolute atomic E-state index is 11.0. The highest BCUT2D eigenvalue weighted by molar-refractivity contribution is 7.07. The van der Waals surface area contributed by atoms with Gasteiger partial charge in [-0.05, 0) is 34.5 Å². The molecule has 2 aromatic rings. The fourth-order valence-corrected chi connectivity index (χ4v) is 2.86. The number of hydrogen-bond donors (Lipinski definition) is 2. The molecule has 0 aliphatic heterocycles. The third-order valence-electron chi connectivity index (χ3n) is 3.59. The van der Waals surface area contributed by atoms with Gasteiger partial charge in [0, 0.05) is 16.7 Å². The number of phenolic OH excluding ortho intramolecular Hbond substituents is 1. The highest BCUT2D eigenvalue weighted by atomic mass is 32.1. The number of aromatic carboxylic acids is 1. The zero-order valence-electron chi connectivity index (χ0n) is 14.3. The van der Waals surface area contributed by atoms with Crippen molar-refractivity contribution in [2.75, 3.05) is 0 Å². The lowest BCUT2D eigenvalue weighted by atomic mass is 9.78. The lowest BCUT2D eigenvalue weighted by Crippen LogP contribution is -2.17. The van der Waals surface area contributed by atoms with Crippen molar-refractivity contribution in [2.45, 2.75) is 52.4 Å². The average Bonchev–Trinajstić information content (AvgIpc) is 2.85. The predicted molar refractivity (Wildman–Crippen MR) is 91.4 cm³/mol. The lowest BCUT2D eigenvalue weighted by Gasteiger charge is -2.27. The molecule has 1 heterocycles. The summed E-state index contributed by atoms with van der Waals surface area (Å²) in [5.74, 6) is -0.426. The SMILES string of the molecule is CC(C)(C)c1cc(-c2nsc(C(=O)O)n2)cc(C(C)(C)C)c1O. The van der Waals surface area contributed by atoms with Gasteiger partial charge in [-0.25, -0.2) is 9.78 Å². The molecule has 6 heteroatoms. The maximum Gasteiger partial charge on any atom is 0.366 e. The Bertz CT molecular complexity index is 717. The number of nitrogens with zero attached hydrogens (tertiary/aromatic N) is 2. The van der Waals surface area contributed by atoms with Crippen LogP contribution >= 0.6 is 11.5 Å². The number of carboxylic acid groups (broad SMARTS) is 1. The van der Waals surface area contributed by atoms with Crippen LogP contribution in [0.25, 0.3) is 11.4 Å². The van der Waals surface area contributed by atoms with Gasteiger partial charge in [-0.1, -0.05) is 41.5 Å². The van der Waals surface area contributed by atoms with E-state index in [1.54, 1.807) is 0 Å². The topological polar surface area (TPSA) is 83.3 Å². The molecule has 0 amide bonds. The van der Waals surface area contributed by atoms with Crippen molar-refractivity contribution < 1.29 is 15.0 Å². The van der Waals surface area contributed by atoms with Crippen molar-refractivity contribution in [1.29, 1.82) is 0 Å². The molecular formula is C17H22N2O3S. The van der Waals surface area contributed by atoms with Crippen LogP contribution in [-0.4, -0.2) is 25.5 Å². The third kappa shape index (κ3) is 3.52. The van der Waals surface area contributed by atoms with Gasteiger partial charge < -0.3 is 10.2 Å². The molecular weight excluding hydrogens is 312 g/mol. The Labute approximate surface area is 140 Å². The molecule has 0 bridgehead atoms. The third-order valence-corrected chi connectivity index (χ3v) is 4.30. The monoisotopic (exact) mass is 334 g/mol. The minimum Gasteiger partial charge on any atom is -0.507 e. The Balaban J connectivity index is 2.71. The molecule has 0 radical (unpaired) electrons. The van der Waals surface area contributed by atoms with E-state index in [0.29, 0.717) is 5.82 Å². The van der Waals surface area contributed by atoms with E-state index >= 15 is 0 Å². The molecule has 0 saturated carbocycles. The summed E-state index contributed by atoms with van der Waals surface area (Å²) in [5.41, 5.74) is 1.80. The lowest BCUT2D eigenvalue weighted by molar-refractivity contribution is 0.0696. The average molecular weight is 334 g/mol. The van der Waals surface area contributed by atoms with Crippen molar-refractivity contribution in [3.8, 4) is 17.1 Å². The van der Waals surface area contributed by atoms with E-state index in [9.17, 15) is 9.90 Å². The number of aromatic hydroxyl groups is 1. The first-order valence-corrected chi connectivity index (χ1v) is 8.14. The van der Waals surface area contributed by atoms with Gasteiger partial charge in [0.25, 0.3) is 0 Å². The Hall–Kier alpha value is -1.95. The summed E-state index contributed by atoms with van der Waals surface area (Å²) in [6.45, 7) is 12.1. The first-order chi connectivity index (χ1) is 10.4. The zero-order chi connectivity index (χ0) is 17.6. The van der Waals surface area contributed by atoms with Gasteiger partial charge in [0.15, 0.2) is 5.82 Å². The summed E-state index contributed by atoms with van der Waals surface area (Å²) in [5, 5.41) is 19.7. The van der Waals surface area contributed by atoms with Crippen LogP contribution in [0.2, 0.25) is 0 Å². The quantitative estimate of drug-likeness (QED) is 0.860. The summed E-state index contributed by atoms with van der Waals surface area (Å²) in [6.07, 6.45) is 0. The molecule has 0 spiro atoms. The predicted octanol–water partition coefficient (Wildman–Crippen LogP) is 4.20. The van der Waals surface area contributed by atoms with E-state index in [-0.39, 0.29) is 21.6 Å². The smallest absolute Gasteiger partial charge is 0.366 e. The molecule has 0 saturated heterocycles. The van der Waals surface area contributed by atoms with Gasteiger partial charge in [0.05, 0.1) is 0 Å². The Morgan fingerprint density at radius 3 is 1.87 bits per heavy atom. The van der Waals surface area contributed by atoms with Crippen molar-refractivity contribution in [2.24, 2.45) is 0 Å². The summed E-state index contributed by atoms with van der Waals surface area (Å²) >= 11 is 0.860. The molecule has 0 aliphatic rings. The van der Waals surface area contributed by atoms with Crippen LogP contribution in [0.3, 0.4) is 0 Å². The second kappa shape index (κ2) is 5.60. The van der Waals surface area contributed by atoms with E-state index in [1.165, 1.54) is 0 Å². The number of phenols is 1. The Morgan fingerprint density at radius 1 is 1.04 bits per heavy atom. The van der Waals surface area contributed by atoms with E-state index in [4.69, 9.17) is 5.11 Å². The standard InChI is InChI=1S/C17H22N2O3S/c1-16(2,3)10-7-9(8-11(12(10)20)17(4,5)6)13-18-14(15(21)22)23-19-13/h7-8,20H,1-6H3,(H,21,22). The zero-order valence-corrected chi connectivity index (χ0v) is 15.1. The van der Waals surface area contributed by atoms with Crippen molar-refractivity contribution in [3.05, 3.63) is 28.3 Å². The first-order valence-electron chi connectivity index (χ1n) is 7.36.